The molecular formula is C20H30O3. The van der Waals surface area contributed by atoms with Gasteiger partial charge < -0.3 is 14.9 Å². The van der Waals surface area contributed by atoms with Gasteiger partial charge in [0.2, 0.25) is 0 Å². The molecule has 3 heteroatoms. The average molecular weight is 318 g/mol. The fourth-order valence-corrected chi connectivity index (χ4v) is 6.22. The SMILES string of the molecule is COC1C[C@@]2(C)C(=CC=C3[C@H]2CC[C@]2(C)C(O)CC[C@@H]32)CC1O. The average Bonchev–Trinajstić information content (AvgIpc) is 2.83. The molecule has 0 heterocycles. The summed E-state index contributed by atoms with van der Waals surface area (Å²) in [5, 5.41) is 20.8. The van der Waals surface area contributed by atoms with E-state index in [1.807, 2.05) is 0 Å². The monoisotopic (exact) mass is 318 g/mol. The lowest BCUT2D eigenvalue weighted by Crippen LogP contribution is -2.50. The molecule has 3 fully saturated rings. The van der Waals surface area contributed by atoms with Crippen LogP contribution in [0.2, 0.25) is 0 Å². The zero-order valence-electron chi connectivity index (χ0n) is 14.6. The maximum absolute atomic E-state index is 10.5. The number of rotatable bonds is 1. The summed E-state index contributed by atoms with van der Waals surface area (Å²) >= 11 is 0. The largest absolute Gasteiger partial charge is 0.393 e. The Morgan fingerprint density at radius 1 is 1.09 bits per heavy atom. The first-order valence-corrected chi connectivity index (χ1v) is 9.20. The maximum Gasteiger partial charge on any atom is 0.0841 e. The van der Waals surface area contributed by atoms with E-state index >= 15 is 0 Å². The second kappa shape index (κ2) is 5.18. The molecule has 3 unspecified atom stereocenters. The van der Waals surface area contributed by atoms with Crippen LogP contribution in [0.3, 0.4) is 0 Å². The van der Waals surface area contributed by atoms with Gasteiger partial charge in [-0.3, -0.25) is 0 Å². The fraction of sp³-hybridized carbons (Fsp3) is 0.800. The van der Waals surface area contributed by atoms with Crippen LogP contribution in [0, 0.1) is 22.7 Å². The van der Waals surface area contributed by atoms with E-state index in [9.17, 15) is 10.2 Å². The van der Waals surface area contributed by atoms with Crippen molar-refractivity contribution in [3.8, 4) is 0 Å². The van der Waals surface area contributed by atoms with Crippen molar-refractivity contribution in [3.63, 3.8) is 0 Å². The van der Waals surface area contributed by atoms with Crippen molar-refractivity contribution in [1.82, 2.24) is 0 Å². The van der Waals surface area contributed by atoms with E-state index in [4.69, 9.17) is 4.74 Å². The normalized spacial score (nSPS) is 52.1. The van der Waals surface area contributed by atoms with Gasteiger partial charge in [0.25, 0.3) is 0 Å². The third-order valence-corrected chi connectivity index (χ3v) is 7.83. The van der Waals surface area contributed by atoms with Crippen LogP contribution >= 0.6 is 0 Å². The third kappa shape index (κ3) is 2.06. The molecule has 4 aliphatic rings. The summed E-state index contributed by atoms with van der Waals surface area (Å²) in [7, 11) is 1.72. The zero-order valence-corrected chi connectivity index (χ0v) is 14.6. The molecule has 0 amide bonds. The number of aliphatic hydroxyl groups is 2. The highest BCUT2D eigenvalue weighted by molar-refractivity contribution is 5.39. The van der Waals surface area contributed by atoms with Crippen LogP contribution in [0.5, 0.6) is 0 Å². The molecule has 3 nitrogen and oxygen atoms in total. The molecule has 4 rings (SSSR count). The fourth-order valence-electron chi connectivity index (χ4n) is 6.22. The van der Waals surface area contributed by atoms with Crippen LogP contribution in [0.4, 0.5) is 0 Å². The molecule has 3 saturated carbocycles. The summed E-state index contributed by atoms with van der Waals surface area (Å²) in [5.74, 6) is 1.08. The summed E-state index contributed by atoms with van der Waals surface area (Å²) in [5.41, 5.74) is 3.14. The van der Waals surface area contributed by atoms with Crippen LogP contribution in [0.25, 0.3) is 0 Å². The molecule has 7 atom stereocenters. The van der Waals surface area contributed by atoms with Crippen molar-refractivity contribution in [3.05, 3.63) is 23.3 Å². The van der Waals surface area contributed by atoms with E-state index in [-0.39, 0.29) is 29.1 Å². The minimum Gasteiger partial charge on any atom is -0.393 e. The second-order valence-electron chi connectivity index (χ2n) is 8.77. The predicted octanol–water partition coefficient (Wildman–Crippen LogP) is 3.22. The molecule has 0 aliphatic heterocycles. The van der Waals surface area contributed by atoms with Crippen LogP contribution in [-0.2, 0) is 4.74 Å². The molecule has 0 spiro atoms. The highest BCUT2D eigenvalue weighted by atomic mass is 16.5. The Labute approximate surface area is 139 Å². The first-order chi connectivity index (χ1) is 10.9. The quantitative estimate of drug-likeness (QED) is 0.780. The topological polar surface area (TPSA) is 49.7 Å². The minimum absolute atomic E-state index is 0.0565. The summed E-state index contributed by atoms with van der Waals surface area (Å²) in [6.45, 7) is 4.67. The lowest BCUT2D eigenvalue weighted by atomic mass is 9.51. The van der Waals surface area contributed by atoms with E-state index in [1.54, 1.807) is 12.7 Å². The highest BCUT2D eigenvalue weighted by Gasteiger charge is 2.57. The maximum atomic E-state index is 10.5. The number of hydrogen-bond acceptors (Lipinski definition) is 3. The lowest BCUT2D eigenvalue weighted by molar-refractivity contribution is -0.0679. The van der Waals surface area contributed by atoms with Gasteiger partial charge in [-0.2, -0.15) is 0 Å². The molecule has 128 valence electrons. The molecule has 0 saturated heterocycles. The molecule has 0 aromatic rings. The van der Waals surface area contributed by atoms with E-state index in [1.165, 1.54) is 5.57 Å². The van der Waals surface area contributed by atoms with Crippen LogP contribution in [0.15, 0.2) is 23.3 Å². The number of ether oxygens (including phenoxy) is 1. The summed E-state index contributed by atoms with van der Waals surface area (Å²) < 4.78 is 5.58. The van der Waals surface area contributed by atoms with Crippen molar-refractivity contribution in [2.24, 2.45) is 22.7 Å². The van der Waals surface area contributed by atoms with Crippen molar-refractivity contribution < 1.29 is 14.9 Å². The molecule has 4 aliphatic carbocycles. The van der Waals surface area contributed by atoms with Gasteiger partial charge in [0, 0.05) is 12.5 Å². The Morgan fingerprint density at radius 3 is 2.61 bits per heavy atom. The van der Waals surface area contributed by atoms with E-state index in [0.29, 0.717) is 11.8 Å². The van der Waals surface area contributed by atoms with Gasteiger partial charge in [0.1, 0.15) is 0 Å². The van der Waals surface area contributed by atoms with Crippen LogP contribution < -0.4 is 0 Å². The van der Waals surface area contributed by atoms with Gasteiger partial charge in [0.15, 0.2) is 0 Å². The second-order valence-corrected chi connectivity index (χ2v) is 8.77. The Morgan fingerprint density at radius 2 is 1.87 bits per heavy atom. The molecule has 0 radical (unpaired) electrons. The van der Waals surface area contributed by atoms with Crippen molar-refractivity contribution in [2.75, 3.05) is 7.11 Å². The van der Waals surface area contributed by atoms with Gasteiger partial charge in [-0.25, -0.2) is 0 Å². The number of fused-ring (bicyclic) bond motifs is 5. The number of aliphatic hydroxyl groups excluding tert-OH is 2. The Kier molecular flexibility index (Phi) is 3.57. The van der Waals surface area contributed by atoms with E-state index < -0.39 is 0 Å². The summed E-state index contributed by atoms with van der Waals surface area (Å²) in [4.78, 5) is 0. The van der Waals surface area contributed by atoms with Gasteiger partial charge >= 0.3 is 0 Å². The first-order valence-electron chi connectivity index (χ1n) is 9.20. The van der Waals surface area contributed by atoms with Crippen LogP contribution in [0.1, 0.15) is 52.4 Å². The molecular weight excluding hydrogens is 288 g/mol. The molecule has 2 N–H and O–H groups in total. The standard InChI is InChI=1S/C20H30O3/c1-19-9-8-15-13(14(19)6-7-18(19)22)5-4-12-10-16(21)17(23-3)11-20(12,15)2/h4-5,14-18,21-22H,6-11H2,1-3H3/t14-,15+,16?,17?,18?,19-,20-/m0/s1. The van der Waals surface area contributed by atoms with Crippen molar-refractivity contribution >= 4 is 0 Å². The summed E-state index contributed by atoms with van der Waals surface area (Å²) in [6, 6.07) is 0. The number of methoxy groups -OCH3 is 1. The Balaban J connectivity index is 1.72. The molecule has 0 bridgehead atoms. The van der Waals surface area contributed by atoms with Gasteiger partial charge in [-0.15, -0.1) is 0 Å². The molecule has 0 aromatic carbocycles. The van der Waals surface area contributed by atoms with Gasteiger partial charge in [-0.05, 0) is 55.8 Å². The predicted molar refractivity (Wildman–Crippen MR) is 89.9 cm³/mol. The van der Waals surface area contributed by atoms with Crippen molar-refractivity contribution in [2.45, 2.75) is 70.7 Å². The first kappa shape index (κ1) is 15.9. The van der Waals surface area contributed by atoms with Crippen molar-refractivity contribution in [1.29, 1.82) is 0 Å². The Bertz CT molecular complexity index is 565. The van der Waals surface area contributed by atoms with Crippen LogP contribution in [-0.4, -0.2) is 35.6 Å². The van der Waals surface area contributed by atoms with Gasteiger partial charge in [0.05, 0.1) is 18.3 Å². The highest BCUT2D eigenvalue weighted by Crippen LogP contribution is 2.63. The summed E-state index contributed by atoms with van der Waals surface area (Å²) in [6.07, 6.45) is 10.00. The van der Waals surface area contributed by atoms with E-state index in [0.717, 1.165) is 38.5 Å². The smallest absolute Gasteiger partial charge is 0.0841 e. The molecule has 0 aromatic heterocycles. The van der Waals surface area contributed by atoms with Gasteiger partial charge in [-0.1, -0.05) is 37.1 Å². The number of allylic oxidation sites excluding steroid dienone is 3. The zero-order chi connectivity index (χ0) is 16.4. The van der Waals surface area contributed by atoms with E-state index in [2.05, 4.69) is 26.0 Å². The number of hydrogen-bond donors (Lipinski definition) is 2. The minimum atomic E-state index is -0.378. The lowest BCUT2D eigenvalue weighted by Gasteiger charge is -2.55. The molecule has 23 heavy (non-hydrogen) atoms. The third-order valence-electron chi connectivity index (χ3n) is 7.83. The Hall–Kier alpha value is -0.640.